The third-order valence-electron chi connectivity index (χ3n) is 3.33. The lowest BCUT2D eigenvalue weighted by Gasteiger charge is -2.20. The van der Waals surface area contributed by atoms with Gasteiger partial charge < -0.3 is 14.9 Å². The zero-order valence-corrected chi connectivity index (χ0v) is 16.8. The van der Waals surface area contributed by atoms with Gasteiger partial charge in [0, 0.05) is 33.8 Å². The molecule has 5 nitrogen and oxygen atoms in total. The number of benzene rings is 1. The maximum Gasteiger partial charge on any atom is 0.146 e. The van der Waals surface area contributed by atoms with Crippen LogP contribution in [-0.4, -0.2) is 35.4 Å². The molecule has 0 aliphatic heterocycles. The molecule has 2 rings (SSSR count). The van der Waals surface area contributed by atoms with Crippen LogP contribution >= 0.6 is 34.8 Å². The first-order chi connectivity index (χ1) is 11.5. The second-order valence-electron chi connectivity index (χ2n) is 5.38. The SMILES string of the molecule is CON=CCC(C)NC(=S)C(C)Oc1ccc2ncc(I)cc2c1. The first-order valence-electron chi connectivity index (χ1n) is 7.57. The third-order valence-corrected chi connectivity index (χ3v) is 4.37. The highest BCUT2D eigenvalue weighted by Gasteiger charge is 2.13. The Kier molecular flexibility index (Phi) is 7.16. The molecule has 0 fully saturated rings. The monoisotopic (exact) mass is 457 g/mol. The van der Waals surface area contributed by atoms with Gasteiger partial charge >= 0.3 is 0 Å². The predicted molar refractivity (Wildman–Crippen MR) is 110 cm³/mol. The van der Waals surface area contributed by atoms with E-state index in [1.807, 2.05) is 38.2 Å². The van der Waals surface area contributed by atoms with Gasteiger partial charge in [-0.05, 0) is 60.7 Å². The van der Waals surface area contributed by atoms with Gasteiger partial charge in [-0.15, -0.1) is 0 Å². The lowest BCUT2D eigenvalue weighted by atomic mass is 10.2. The Bertz CT molecular complexity index is 739. The fourth-order valence-electron chi connectivity index (χ4n) is 2.11. The molecule has 1 N–H and O–H groups in total. The van der Waals surface area contributed by atoms with Crippen LogP contribution in [0.15, 0.2) is 35.6 Å². The van der Waals surface area contributed by atoms with E-state index < -0.39 is 0 Å². The summed E-state index contributed by atoms with van der Waals surface area (Å²) >= 11 is 7.67. The molecule has 0 aliphatic rings. The highest BCUT2D eigenvalue weighted by atomic mass is 127. The summed E-state index contributed by atoms with van der Waals surface area (Å²) in [5.41, 5.74) is 0.946. The van der Waals surface area contributed by atoms with Gasteiger partial charge in [0.15, 0.2) is 0 Å². The van der Waals surface area contributed by atoms with Gasteiger partial charge in [0.05, 0.1) is 5.52 Å². The number of nitrogens with one attached hydrogen (secondary N) is 1. The molecular formula is C17H20IN3O2S. The Morgan fingerprint density at radius 2 is 2.21 bits per heavy atom. The van der Waals surface area contributed by atoms with E-state index >= 15 is 0 Å². The minimum absolute atomic E-state index is 0.157. The standard InChI is InChI=1S/C17H20IN3O2S/c1-11(6-7-20-22-3)21-17(24)12(2)23-15-4-5-16-13(9-15)8-14(18)10-19-16/h4-5,7-12H,6H2,1-3H3,(H,21,24). The Morgan fingerprint density at radius 3 is 2.96 bits per heavy atom. The molecule has 1 heterocycles. The van der Waals surface area contributed by atoms with Gasteiger partial charge in [-0.3, -0.25) is 4.98 Å². The Labute approximate surface area is 160 Å². The van der Waals surface area contributed by atoms with Crippen LogP contribution < -0.4 is 10.1 Å². The molecule has 24 heavy (non-hydrogen) atoms. The van der Waals surface area contributed by atoms with Crippen molar-refractivity contribution >= 4 is 56.9 Å². The second kappa shape index (κ2) is 9.12. The number of pyridine rings is 1. The van der Waals surface area contributed by atoms with Crippen molar-refractivity contribution in [1.82, 2.24) is 10.3 Å². The molecule has 2 aromatic rings. The lowest BCUT2D eigenvalue weighted by molar-refractivity contribution is 0.214. The number of oxime groups is 1. The zero-order chi connectivity index (χ0) is 17.5. The summed E-state index contributed by atoms with van der Waals surface area (Å²) in [4.78, 5) is 9.69. The maximum absolute atomic E-state index is 5.96. The normalized spacial score (nSPS) is 13.7. The molecule has 0 spiro atoms. The van der Waals surface area contributed by atoms with E-state index in [0.29, 0.717) is 4.99 Å². The number of hydrogen-bond acceptors (Lipinski definition) is 5. The molecule has 0 radical (unpaired) electrons. The summed E-state index contributed by atoms with van der Waals surface area (Å²) in [5, 5.41) is 8.02. The molecule has 2 atom stereocenters. The number of hydrogen-bond donors (Lipinski definition) is 1. The minimum Gasteiger partial charge on any atom is -0.484 e. The van der Waals surface area contributed by atoms with E-state index in [2.05, 4.69) is 49.0 Å². The van der Waals surface area contributed by atoms with Crippen LogP contribution in [-0.2, 0) is 4.84 Å². The van der Waals surface area contributed by atoms with Crippen LogP contribution in [0, 0.1) is 3.57 Å². The average molecular weight is 457 g/mol. The van der Waals surface area contributed by atoms with Crippen molar-refractivity contribution in [2.24, 2.45) is 5.16 Å². The van der Waals surface area contributed by atoms with Crippen molar-refractivity contribution in [2.45, 2.75) is 32.4 Å². The minimum atomic E-state index is -0.227. The highest BCUT2D eigenvalue weighted by Crippen LogP contribution is 2.22. The molecule has 0 aliphatic carbocycles. The van der Waals surface area contributed by atoms with E-state index in [-0.39, 0.29) is 12.1 Å². The van der Waals surface area contributed by atoms with E-state index in [1.54, 1.807) is 6.21 Å². The highest BCUT2D eigenvalue weighted by molar-refractivity contribution is 14.1. The van der Waals surface area contributed by atoms with Gasteiger partial charge in [0.25, 0.3) is 0 Å². The molecular weight excluding hydrogens is 437 g/mol. The molecule has 1 aromatic heterocycles. The van der Waals surface area contributed by atoms with Crippen molar-refractivity contribution in [3.63, 3.8) is 0 Å². The number of rotatable bonds is 7. The zero-order valence-electron chi connectivity index (χ0n) is 13.8. The molecule has 0 saturated carbocycles. The van der Waals surface area contributed by atoms with Crippen LogP contribution in [0.4, 0.5) is 0 Å². The van der Waals surface area contributed by atoms with Crippen LogP contribution in [0.2, 0.25) is 0 Å². The summed E-state index contributed by atoms with van der Waals surface area (Å²) in [6.07, 6.45) is 4.05. The van der Waals surface area contributed by atoms with Crippen LogP contribution in [0.25, 0.3) is 10.9 Å². The summed E-state index contributed by atoms with van der Waals surface area (Å²) in [7, 11) is 1.52. The average Bonchev–Trinajstić information content (AvgIpc) is 2.54. The predicted octanol–water partition coefficient (Wildman–Crippen LogP) is 3.93. The number of ether oxygens (including phenoxy) is 1. The molecule has 128 valence electrons. The molecule has 2 unspecified atom stereocenters. The maximum atomic E-state index is 5.96. The van der Waals surface area contributed by atoms with E-state index in [0.717, 1.165) is 26.6 Å². The number of aromatic nitrogens is 1. The lowest BCUT2D eigenvalue weighted by Crippen LogP contribution is -2.40. The summed E-state index contributed by atoms with van der Waals surface area (Å²) < 4.78 is 7.05. The number of nitrogens with zero attached hydrogens (tertiary/aromatic N) is 2. The number of fused-ring (bicyclic) bond motifs is 1. The fraction of sp³-hybridized carbons (Fsp3) is 0.353. The summed E-state index contributed by atoms with van der Waals surface area (Å²) in [5.74, 6) is 0.775. The Hall–Kier alpha value is -1.48. The first kappa shape index (κ1) is 18.9. The largest absolute Gasteiger partial charge is 0.484 e. The van der Waals surface area contributed by atoms with Crippen molar-refractivity contribution in [2.75, 3.05) is 7.11 Å². The van der Waals surface area contributed by atoms with E-state index in [1.165, 1.54) is 7.11 Å². The topological polar surface area (TPSA) is 55.7 Å². The molecule has 0 saturated heterocycles. The van der Waals surface area contributed by atoms with Crippen LogP contribution in [0.3, 0.4) is 0 Å². The van der Waals surface area contributed by atoms with E-state index in [4.69, 9.17) is 17.0 Å². The van der Waals surface area contributed by atoms with Crippen molar-refractivity contribution in [3.8, 4) is 5.75 Å². The molecule has 0 amide bonds. The summed E-state index contributed by atoms with van der Waals surface area (Å²) in [6.45, 7) is 3.97. The number of halogens is 1. The van der Waals surface area contributed by atoms with Gasteiger partial charge in [0.1, 0.15) is 24.0 Å². The molecule has 0 bridgehead atoms. The summed E-state index contributed by atoms with van der Waals surface area (Å²) in [6, 6.07) is 8.08. The molecule has 1 aromatic carbocycles. The van der Waals surface area contributed by atoms with Crippen molar-refractivity contribution in [3.05, 3.63) is 34.0 Å². The van der Waals surface area contributed by atoms with Crippen LogP contribution in [0.1, 0.15) is 20.3 Å². The quantitative estimate of drug-likeness (QED) is 0.296. The number of thiocarbonyl (C=S) groups is 1. The van der Waals surface area contributed by atoms with E-state index in [9.17, 15) is 0 Å². The Balaban J connectivity index is 1.96. The first-order valence-corrected chi connectivity index (χ1v) is 9.05. The second-order valence-corrected chi connectivity index (χ2v) is 7.07. The van der Waals surface area contributed by atoms with Gasteiger partial charge in [-0.1, -0.05) is 17.4 Å². The Morgan fingerprint density at radius 1 is 1.42 bits per heavy atom. The fourth-order valence-corrected chi connectivity index (χ4v) is 2.83. The third kappa shape index (κ3) is 5.55. The van der Waals surface area contributed by atoms with Crippen molar-refractivity contribution in [1.29, 1.82) is 0 Å². The smallest absolute Gasteiger partial charge is 0.146 e. The van der Waals surface area contributed by atoms with Crippen LogP contribution in [0.5, 0.6) is 5.75 Å². The molecule has 7 heteroatoms. The van der Waals surface area contributed by atoms with Gasteiger partial charge in [-0.2, -0.15) is 0 Å². The van der Waals surface area contributed by atoms with Gasteiger partial charge in [-0.25, -0.2) is 0 Å². The van der Waals surface area contributed by atoms with Crippen molar-refractivity contribution < 1.29 is 9.57 Å². The van der Waals surface area contributed by atoms with Gasteiger partial charge in [0.2, 0.25) is 0 Å².